The smallest absolute Gasteiger partial charge is 0.104 e. The van der Waals surface area contributed by atoms with Crippen LogP contribution in [0.15, 0.2) is 24.3 Å². The van der Waals surface area contributed by atoms with Crippen LogP contribution >= 0.6 is 12.2 Å². The van der Waals surface area contributed by atoms with E-state index in [0.29, 0.717) is 4.99 Å². The van der Waals surface area contributed by atoms with E-state index in [2.05, 4.69) is 24.0 Å². The van der Waals surface area contributed by atoms with Crippen molar-refractivity contribution in [1.82, 2.24) is 4.90 Å². The fourth-order valence-corrected chi connectivity index (χ4v) is 2.51. The summed E-state index contributed by atoms with van der Waals surface area (Å²) in [5, 5.41) is 0. The Labute approximate surface area is 102 Å². The van der Waals surface area contributed by atoms with Crippen molar-refractivity contribution in [3.05, 3.63) is 35.4 Å². The van der Waals surface area contributed by atoms with Crippen molar-refractivity contribution >= 4 is 17.2 Å². The molecule has 0 spiro atoms. The lowest BCUT2D eigenvalue weighted by Crippen LogP contribution is -2.22. The van der Waals surface area contributed by atoms with Gasteiger partial charge in [-0.1, -0.05) is 43.4 Å². The molecular weight excluding hydrogens is 216 g/mol. The Hall–Kier alpha value is -0.930. The van der Waals surface area contributed by atoms with Crippen LogP contribution < -0.4 is 5.73 Å². The molecule has 1 aromatic carbocycles. The largest absolute Gasteiger partial charge is 0.389 e. The van der Waals surface area contributed by atoms with E-state index in [9.17, 15) is 0 Å². The first-order valence-corrected chi connectivity index (χ1v) is 6.17. The SMILES string of the molecule is CC1CCN(Cc2ccccc2C(N)=S)C1. The molecule has 1 saturated heterocycles. The monoisotopic (exact) mass is 234 g/mol. The van der Waals surface area contributed by atoms with Crippen molar-refractivity contribution in [3.63, 3.8) is 0 Å². The standard InChI is InChI=1S/C13H18N2S/c1-10-6-7-15(8-10)9-11-4-2-3-5-12(11)13(14)16/h2-5,10H,6-9H2,1H3,(H2,14,16). The minimum absolute atomic E-state index is 0.503. The van der Waals surface area contributed by atoms with Gasteiger partial charge in [-0.2, -0.15) is 0 Å². The quantitative estimate of drug-likeness (QED) is 0.813. The average Bonchev–Trinajstić information content (AvgIpc) is 2.64. The Morgan fingerprint density at radius 2 is 2.25 bits per heavy atom. The fraction of sp³-hybridized carbons (Fsp3) is 0.462. The highest BCUT2D eigenvalue weighted by atomic mass is 32.1. The van der Waals surface area contributed by atoms with Gasteiger partial charge in [-0.15, -0.1) is 0 Å². The van der Waals surface area contributed by atoms with Crippen molar-refractivity contribution < 1.29 is 0 Å². The van der Waals surface area contributed by atoms with Crippen LogP contribution in [0.5, 0.6) is 0 Å². The van der Waals surface area contributed by atoms with Crippen LogP contribution in [0.3, 0.4) is 0 Å². The molecule has 16 heavy (non-hydrogen) atoms. The maximum Gasteiger partial charge on any atom is 0.104 e. The maximum atomic E-state index is 5.73. The van der Waals surface area contributed by atoms with E-state index in [1.165, 1.54) is 25.1 Å². The zero-order chi connectivity index (χ0) is 11.5. The Bertz CT molecular complexity index is 389. The summed E-state index contributed by atoms with van der Waals surface area (Å²) in [6, 6.07) is 8.18. The van der Waals surface area contributed by atoms with Crippen LogP contribution in [-0.2, 0) is 6.54 Å². The molecule has 1 atom stereocenters. The molecule has 1 aliphatic rings. The number of nitrogens with zero attached hydrogens (tertiary/aromatic N) is 1. The van der Waals surface area contributed by atoms with Gasteiger partial charge in [0.2, 0.25) is 0 Å². The molecule has 2 rings (SSSR count). The normalized spacial score (nSPS) is 21.2. The molecule has 0 amide bonds. The molecule has 0 aliphatic carbocycles. The molecular formula is C13H18N2S. The summed E-state index contributed by atoms with van der Waals surface area (Å²) >= 11 is 5.07. The van der Waals surface area contributed by atoms with E-state index in [4.69, 9.17) is 18.0 Å². The van der Waals surface area contributed by atoms with Gasteiger partial charge < -0.3 is 5.73 Å². The van der Waals surface area contributed by atoms with E-state index in [1.807, 2.05) is 12.1 Å². The first-order valence-electron chi connectivity index (χ1n) is 5.77. The van der Waals surface area contributed by atoms with E-state index >= 15 is 0 Å². The second-order valence-electron chi connectivity index (χ2n) is 4.65. The topological polar surface area (TPSA) is 29.3 Å². The van der Waals surface area contributed by atoms with Crippen LogP contribution in [0.1, 0.15) is 24.5 Å². The fourth-order valence-electron chi connectivity index (χ4n) is 2.31. The number of thiocarbonyl (C=S) groups is 1. The summed E-state index contributed by atoms with van der Waals surface area (Å²) < 4.78 is 0. The molecule has 2 nitrogen and oxygen atoms in total. The van der Waals surface area contributed by atoms with Crippen LogP contribution in [0.4, 0.5) is 0 Å². The molecule has 0 saturated carbocycles. The van der Waals surface area contributed by atoms with Crippen molar-refractivity contribution in [1.29, 1.82) is 0 Å². The number of nitrogens with two attached hydrogens (primary N) is 1. The minimum atomic E-state index is 0.503. The first-order chi connectivity index (χ1) is 7.66. The summed E-state index contributed by atoms with van der Waals surface area (Å²) in [6.45, 7) is 5.65. The summed E-state index contributed by atoms with van der Waals surface area (Å²) in [5.74, 6) is 0.817. The van der Waals surface area contributed by atoms with E-state index in [0.717, 1.165) is 18.0 Å². The molecule has 1 aliphatic heterocycles. The molecule has 0 radical (unpaired) electrons. The molecule has 2 N–H and O–H groups in total. The zero-order valence-corrected chi connectivity index (χ0v) is 10.5. The van der Waals surface area contributed by atoms with Crippen LogP contribution in [0.25, 0.3) is 0 Å². The van der Waals surface area contributed by atoms with Gasteiger partial charge in [0.15, 0.2) is 0 Å². The number of benzene rings is 1. The van der Waals surface area contributed by atoms with E-state index in [1.54, 1.807) is 0 Å². The first kappa shape index (κ1) is 11.6. The second kappa shape index (κ2) is 4.93. The highest BCUT2D eigenvalue weighted by Crippen LogP contribution is 2.19. The molecule has 86 valence electrons. The molecule has 1 fully saturated rings. The van der Waals surface area contributed by atoms with Crippen LogP contribution in [0.2, 0.25) is 0 Å². The van der Waals surface area contributed by atoms with Crippen molar-refractivity contribution in [2.24, 2.45) is 11.7 Å². The third kappa shape index (κ3) is 2.60. The number of rotatable bonds is 3. The summed E-state index contributed by atoms with van der Waals surface area (Å²) in [4.78, 5) is 2.98. The lowest BCUT2D eigenvalue weighted by molar-refractivity contribution is 0.320. The van der Waals surface area contributed by atoms with Gasteiger partial charge >= 0.3 is 0 Å². The lowest BCUT2D eigenvalue weighted by atomic mass is 10.1. The Morgan fingerprint density at radius 3 is 2.88 bits per heavy atom. The Kier molecular flexibility index (Phi) is 3.56. The van der Waals surface area contributed by atoms with Gasteiger partial charge in [0.1, 0.15) is 4.99 Å². The molecule has 3 heteroatoms. The van der Waals surface area contributed by atoms with Crippen LogP contribution in [0, 0.1) is 5.92 Å². The number of hydrogen-bond donors (Lipinski definition) is 1. The molecule has 1 unspecified atom stereocenters. The van der Waals surface area contributed by atoms with Crippen LogP contribution in [-0.4, -0.2) is 23.0 Å². The highest BCUT2D eigenvalue weighted by molar-refractivity contribution is 7.80. The van der Waals surface area contributed by atoms with E-state index in [-0.39, 0.29) is 0 Å². The third-order valence-corrected chi connectivity index (χ3v) is 3.40. The molecule has 0 aromatic heterocycles. The van der Waals surface area contributed by atoms with Gasteiger partial charge in [-0.25, -0.2) is 0 Å². The summed E-state index contributed by atoms with van der Waals surface area (Å²) in [6.07, 6.45) is 1.30. The van der Waals surface area contributed by atoms with Crippen molar-refractivity contribution in [3.8, 4) is 0 Å². The number of likely N-dealkylation sites (tertiary alicyclic amines) is 1. The van der Waals surface area contributed by atoms with Gasteiger partial charge in [-0.05, 0) is 24.4 Å². The predicted molar refractivity (Wildman–Crippen MR) is 71.4 cm³/mol. The maximum absolute atomic E-state index is 5.73. The lowest BCUT2D eigenvalue weighted by Gasteiger charge is -2.17. The van der Waals surface area contributed by atoms with E-state index < -0.39 is 0 Å². The van der Waals surface area contributed by atoms with Gasteiger partial charge in [0.25, 0.3) is 0 Å². The Morgan fingerprint density at radius 1 is 1.50 bits per heavy atom. The highest BCUT2D eigenvalue weighted by Gasteiger charge is 2.19. The molecule has 1 aromatic rings. The Balaban J connectivity index is 2.12. The average molecular weight is 234 g/mol. The number of hydrogen-bond acceptors (Lipinski definition) is 2. The molecule has 0 bridgehead atoms. The van der Waals surface area contributed by atoms with Gasteiger partial charge in [0, 0.05) is 18.7 Å². The van der Waals surface area contributed by atoms with Crippen molar-refractivity contribution in [2.45, 2.75) is 19.9 Å². The zero-order valence-electron chi connectivity index (χ0n) is 9.65. The van der Waals surface area contributed by atoms with Gasteiger partial charge in [0.05, 0.1) is 0 Å². The predicted octanol–water partition coefficient (Wildman–Crippen LogP) is 2.16. The van der Waals surface area contributed by atoms with Crippen molar-refractivity contribution in [2.75, 3.05) is 13.1 Å². The third-order valence-electron chi connectivity index (χ3n) is 3.18. The summed E-state index contributed by atoms with van der Waals surface area (Å²) in [5.41, 5.74) is 8.01. The second-order valence-corrected chi connectivity index (χ2v) is 5.09. The molecule has 1 heterocycles. The minimum Gasteiger partial charge on any atom is -0.389 e. The summed E-state index contributed by atoms with van der Waals surface area (Å²) in [7, 11) is 0. The van der Waals surface area contributed by atoms with Gasteiger partial charge in [-0.3, -0.25) is 4.90 Å².